The second kappa shape index (κ2) is 7.64. The van der Waals surface area contributed by atoms with Gasteiger partial charge >= 0.3 is 5.97 Å². The summed E-state index contributed by atoms with van der Waals surface area (Å²) >= 11 is 0. The van der Waals surface area contributed by atoms with Crippen LogP contribution in [0.25, 0.3) is 0 Å². The Morgan fingerprint density at radius 3 is 2.27 bits per heavy atom. The van der Waals surface area contributed by atoms with E-state index in [4.69, 9.17) is 19.7 Å². The lowest BCUT2D eigenvalue weighted by atomic mass is 9.99. The van der Waals surface area contributed by atoms with E-state index in [9.17, 15) is 20.1 Å². The molecule has 0 amide bonds. The van der Waals surface area contributed by atoms with Crippen LogP contribution in [0.2, 0.25) is 0 Å². The number of carbonyl (C=O) groups is 1. The summed E-state index contributed by atoms with van der Waals surface area (Å²) in [6.45, 7) is 4.47. The van der Waals surface area contributed by atoms with E-state index < -0.39 is 54.9 Å². The predicted octanol–water partition coefficient (Wildman–Crippen LogP) is -2.36. The minimum absolute atomic E-state index is 0.324. The monoisotopic (exact) mass is 323 g/mol. The van der Waals surface area contributed by atoms with Crippen LogP contribution in [0.5, 0.6) is 0 Å². The van der Waals surface area contributed by atoms with E-state index >= 15 is 0 Å². The number of aliphatic hydroxyl groups is 4. The largest absolute Gasteiger partial charge is 0.480 e. The molecule has 6 unspecified atom stereocenters. The lowest BCUT2D eigenvalue weighted by molar-refractivity contribution is -0.302. The number of aliphatic hydroxyl groups excluding tert-OH is 4. The van der Waals surface area contributed by atoms with Gasteiger partial charge in [0.15, 0.2) is 6.29 Å². The average Bonchev–Trinajstić information content (AvgIpc) is 2.41. The van der Waals surface area contributed by atoms with Crippen molar-refractivity contribution in [3.05, 3.63) is 0 Å². The van der Waals surface area contributed by atoms with Gasteiger partial charge in [-0.3, -0.25) is 10.1 Å². The van der Waals surface area contributed by atoms with Crippen LogP contribution in [-0.4, -0.2) is 87.0 Å². The van der Waals surface area contributed by atoms with Crippen LogP contribution in [0.3, 0.4) is 0 Å². The summed E-state index contributed by atoms with van der Waals surface area (Å²) < 4.78 is 10.4. The first kappa shape index (κ1) is 19.2. The van der Waals surface area contributed by atoms with Crippen LogP contribution in [0.4, 0.5) is 0 Å². The molecule has 6 atom stereocenters. The van der Waals surface area contributed by atoms with Crippen molar-refractivity contribution in [3.63, 3.8) is 0 Å². The van der Waals surface area contributed by atoms with Crippen LogP contribution >= 0.6 is 0 Å². The van der Waals surface area contributed by atoms with Crippen molar-refractivity contribution in [1.29, 1.82) is 0 Å². The number of rotatable bonds is 6. The Balaban J connectivity index is 2.66. The first-order valence-corrected chi connectivity index (χ1v) is 6.99. The van der Waals surface area contributed by atoms with E-state index in [1.165, 1.54) is 0 Å². The fourth-order valence-electron chi connectivity index (χ4n) is 2.09. The van der Waals surface area contributed by atoms with E-state index in [0.29, 0.717) is 0 Å². The van der Waals surface area contributed by atoms with Crippen molar-refractivity contribution >= 4 is 5.97 Å². The minimum atomic E-state index is -1.56. The van der Waals surface area contributed by atoms with Gasteiger partial charge in [-0.2, -0.15) is 0 Å². The van der Waals surface area contributed by atoms with Crippen molar-refractivity contribution in [1.82, 2.24) is 5.32 Å². The van der Waals surface area contributed by atoms with Gasteiger partial charge in [0.25, 0.3) is 0 Å². The summed E-state index contributed by atoms with van der Waals surface area (Å²) in [7, 11) is 0. The van der Waals surface area contributed by atoms with Gasteiger partial charge in [0, 0.05) is 5.54 Å². The van der Waals surface area contributed by atoms with Gasteiger partial charge in [-0.05, 0) is 20.8 Å². The third-order valence-electron chi connectivity index (χ3n) is 3.18. The van der Waals surface area contributed by atoms with E-state index in [1.807, 2.05) is 0 Å². The van der Waals surface area contributed by atoms with Crippen molar-refractivity contribution in [2.24, 2.45) is 0 Å². The Labute approximate surface area is 128 Å². The molecule has 6 N–H and O–H groups in total. The molecule has 0 aromatic heterocycles. The Hall–Kier alpha value is -0.810. The van der Waals surface area contributed by atoms with Gasteiger partial charge in [0.05, 0.1) is 13.2 Å². The second-order valence-corrected chi connectivity index (χ2v) is 6.32. The van der Waals surface area contributed by atoms with Crippen molar-refractivity contribution in [2.75, 3.05) is 13.2 Å². The van der Waals surface area contributed by atoms with Crippen LogP contribution in [0.1, 0.15) is 20.8 Å². The molecule has 1 heterocycles. The summed E-state index contributed by atoms with van der Waals surface area (Å²) in [5, 5.41) is 50.1. The molecule has 0 radical (unpaired) electrons. The highest BCUT2D eigenvalue weighted by molar-refractivity contribution is 5.73. The van der Waals surface area contributed by atoms with Gasteiger partial charge < -0.3 is 35.0 Å². The van der Waals surface area contributed by atoms with Crippen molar-refractivity contribution in [2.45, 2.75) is 63.1 Å². The lowest BCUT2D eigenvalue weighted by Gasteiger charge is -2.40. The highest BCUT2D eigenvalue weighted by atomic mass is 16.7. The normalized spacial score (nSPS) is 34.4. The molecular weight excluding hydrogens is 298 g/mol. The summed E-state index contributed by atoms with van der Waals surface area (Å²) in [5.41, 5.74) is -0.470. The molecule has 9 nitrogen and oxygen atoms in total. The molecule has 0 aliphatic carbocycles. The summed E-state index contributed by atoms with van der Waals surface area (Å²) in [4.78, 5) is 11.2. The Morgan fingerprint density at radius 2 is 1.82 bits per heavy atom. The lowest BCUT2D eigenvalue weighted by Crippen LogP contribution is -2.60. The average molecular weight is 323 g/mol. The fourth-order valence-corrected chi connectivity index (χ4v) is 2.09. The molecule has 0 spiro atoms. The molecule has 22 heavy (non-hydrogen) atoms. The Bertz CT molecular complexity index is 370. The van der Waals surface area contributed by atoms with Gasteiger partial charge in [-0.1, -0.05) is 0 Å². The topological polar surface area (TPSA) is 149 Å². The van der Waals surface area contributed by atoms with Crippen LogP contribution in [0, 0.1) is 0 Å². The number of nitrogens with one attached hydrogen (secondary N) is 1. The second-order valence-electron chi connectivity index (χ2n) is 6.32. The van der Waals surface area contributed by atoms with E-state index in [1.54, 1.807) is 20.8 Å². The standard InChI is InChI=1S/C13H25NO8/c1-13(2,3)14-6(11(19)20)5-21-12-10(18)9(17)8(16)7(4-15)22-12/h6-10,12,14-18H,4-5H2,1-3H3,(H,19,20). The zero-order chi connectivity index (χ0) is 17.1. The zero-order valence-electron chi connectivity index (χ0n) is 12.8. The molecule has 1 rings (SSSR count). The van der Waals surface area contributed by atoms with Crippen LogP contribution in [-0.2, 0) is 14.3 Å². The first-order chi connectivity index (χ1) is 10.1. The number of hydrogen-bond acceptors (Lipinski definition) is 8. The zero-order valence-corrected chi connectivity index (χ0v) is 12.8. The molecule has 130 valence electrons. The molecule has 0 saturated carbocycles. The maximum absolute atomic E-state index is 11.2. The van der Waals surface area contributed by atoms with Gasteiger partial charge in [-0.15, -0.1) is 0 Å². The van der Waals surface area contributed by atoms with Crippen LogP contribution in [0.15, 0.2) is 0 Å². The van der Waals surface area contributed by atoms with Crippen LogP contribution < -0.4 is 5.32 Å². The quantitative estimate of drug-likeness (QED) is 0.316. The summed E-state index contributed by atoms with van der Waals surface area (Å²) in [5.74, 6) is -1.14. The predicted molar refractivity (Wildman–Crippen MR) is 74.0 cm³/mol. The number of ether oxygens (including phenoxy) is 2. The van der Waals surface area contributed by atoms with E-state index in [2.05, 4.69) is 5.32 Å². The fraction of sp³-hybridized carbons (Fsp3) is 0.923. The van der Waals surface area contributed by atoms with Crippen molar-refractivity contribution in [3.8, 4) is 0 Å². The number of carboxylic acids is 1. The number of carboxylic acid groups (broad SMARTS) is 1. The molecule has 9 heteroatoms. The molecule has 1 aliphatic heterocycles. The first-order valence-electron chi connectivity index (χ1n) is 6.99. The maximum Gasteiger partial charge on any atom is 0.323 e. The molecule has 1 aliphatic rings. The van der Waals surface area contributed by atoms with Gasteiger partial charge in [0.1, 0.15) is 30.5 Å². The molecular formula is C13H25NO8. The molecule has 0 aromatic carbocycles. The highest BCUT2D eigenvalue weighted by Crippen LogP contribution is 2.22. The number of aliphatic carboxylic acids is 1. The molecule has 1 saturated heterocycles. The van der Waals surface area contributed by atoms with Gasteiger partial charge in [0.2, 0.25) is 0 Å². The smallest absolute Gasteiger partial charge is 0.323 e. The highest BCUT2D eigenvalue weighted by Gasteiger charge is 2.44. The summed E-state index contributed by atoms with van der Waals surface area (Å²) in [6.07, 6.45) is -7.04. The van der Waals surface area contributed by atoms with Gasteiger partial charge in [-0.25, -0.2) is 0 Å². The molecule has 1 fully saturated rings. The Morgan fingerprint density at radius 1 is 1.23 bits per heavy atom. The Kier molecular flexibility index (Phi) is 6.68. The minimum Gasteiger partial charge on any atom is -0.480 e. The molecule has 0 bridgehead atoms. The third kappa shape index (κ3) is 5.13. The van der Waals surface area contributed by atoms with E-state index in [0.717, 1.165) is 0 Å². The maximum atomic E-state index is 11.2. The molecule has 0 aromatic rings. The number of hydrogen-bond donors (Lipinski definition) is 6. The SMILES string of the molecule is CC(C)(C)NC(COC1OC(CO)C(O)C(O)C1O)C(=O)O. The third-order valence-corrected chi connectivity index (χ3v) is 3.18. The van der Waals surface area contributed by atoms with Crippen molar-refractivity contribution < 1.29 is 39.8 Å². The van der Waals surface area contributed by atoms with E-state index in [-0.39, 0.29) is 6.61 Å². The summed E-state index contributed by atoms with van der Waals surface area (Å²) in [6, 6.07) is -1.05.